The Hall–Kier alpha value is -1.05. The lowest BCUT2D eigenvalue weighted by atomic mass is 10.1. The van der Waals surface area contributed by atoms with E-state index in [2.05, 4.69) is 24.1 Å². The Morgan fingerprint density at radius 1 is 1.54 bits per heavy atom. The van der Waals surface area contributed by atoms with Gasteiger partial charge in [0.15, 0.2) is 0 Å². The standard InChI is InChI=1S/C11H16N2/c1-9-7-12-6-3-10(9)13-8-11(2)4-5-11/h3,6-7H,4-5,8H2,1-2H3,(H,12,13). The summed E-state index contributed by atoms with van der Waals surface area (Å²) >= 11 is 0. The third kappa shape index (κ3) is 2.00. The smallest absolute Gasteiger partial charge is 0.0400 e. The molecule has 0 bridgehead atoms. The van der Waals surface area contributed by atoms with E-state index in [0.29, 0.717) is 5.41 Å². The first kappa shape index (κ1) is 8.54. The number of nitrogens with one attached hydrogen (secondary N) is 1. The molecule has 0 aliphatic heterocycles. The summed E-state index contributed by atoms with van der Waals surface area (Å²) in [5.74, 6) is 0. The first-order valence-electron chi connectivity index (χ1n) is 4.84. The molecular weight excluding hydrogens is 160 g/mol. The number of pyridine rings is 1. The summed E-state index contributed by atoms with van der Waals surface area (Å²) in [7, 11) is 0. The molecule has 1 fully saturated rings. The van der Waals surface area contributed by atoms with Crippen molar-refractivity contribution in [2.45, 2.75) is 26.7 Å². The van der Waals surface area contributed by atoms with Gasteiger partial charge in [0.1, 0.15) is 0 Å². The van der Waals surface area contributed by atoms with Crippen LogP contribution in [-0.4, -0.2) is 11.5 Å². The lowest BCUT2D eigenvalue weighted by molar-refractivity contribution is 0.610. The lowest BCUT2D eigenvalue weighted by Gasteiger charge is -2.12. The van der Waals surface area contributed by atoms with Gasteiger partial charge in [-0.1, -0.05) is 6.92 Å². The summed E-state index contributed by atoms with van der Waals surface area (Å²) in [4.78, 5) is 4.06. The van der Waals surface area contributed by atoms with Crippen molar-refractivity contribution in [2.75, 3.05) is 11.9 Å². The summed E-state index contributed by atoms with van der Waals surface area (Å²) in [5.41, 5.74) is 3.02. The van der Waals surface area contributed by atoms with Crippen LogP contribution in [0.4, 0.5) is 5.69 Å². The van der Waals surface area contributed by atoms with Crippen molar-refractivity contribution in [1.82, 2.24) is 4.98 Å². The summed E-state index contributed by atoms with van der Waals surface area (Å²) < 4.78 is 0. The van der Waals surface area contributed by atoms with Gasteiger partial charge in [-0.2, -0.15) is 0 Å². The van der Waals surface area contributed by atoms with Crippen molar-refractivity contribution in [3.05, 3.63) is 24.0 Å². The van der Waals surface area contributed by atoms with Gasteiger partial charge in [-0.05, 0) is 36.8 Å². The van der Waals surface area contributed by atoms with Crippen molar-refractivity contribution in [3.63, 3.8) is 0 Å². The van der Waals surface area contributed by atoms with Crippen LogP contribution in [0.5, 0.6) is 0 Å². The van der Waals surface area contributed by atoms with Crippen molar-refractivity contribution < 1.29 is 0 Å². The van der Waals surface area contributed by atoms with Crippen molar-refractivity contribution >= 4 is 5.69 Å². The molecule has 2 nitrogen and oxygen atoms in total. The molecule has 1 aliphatic carbocycles. The van der Waals surface area contributed by atoms with Gasteiger partial charge >= 0.3 is 0 Å². The molecule has 0 aromatic carbocycles. The average molecular weight is 176 g/mol. The fourth-order valence-electron chi connectivity index (χ4n) is 1.37. The molecule has 0 amide bonds. The molecule has 1 N–H and O–H groups in total. The van der Waals surface area contributed by atoms with Gasteiger partial charge in [-0.25, -0.2) is 0 Å². The quantitative estimate of drug-likeness (QED) is 0.765. The van der Waals surface area contributed by atoms with E-state index in [1.54, 1.807) is 0 Å². The molecule has 1 heterocycles. The van der Waals surface area contributed by atoms with Gasteiger partial charge in [0.05, 0.1) is 0 Å². The molecule has 0 atom stereocenters. The Morgan fingerprint density at radius 3 is 2.92 bits per heavy atom. The Bertz CT molecular complexity index is 303. The van der Waals surface area contributed by atoms with E-state index >= 15 is 0 Å². The highest BCUT2D eigenvalue weighted by molar-refractivity contribution is 5.48. The van der Waals surface area contributed by atoms with Crippen LogP contribution in [-0.2, 0) is 0 Å². The molecule has 70 valence electrons. The minimum atomic E-state index is 0.565. The Labute approximate surface area is 79.4 Å². The maximum absolute atomic E-state index is 4.06. The van der Waals surface area contributed by atoms with E-state index < -0.39 is 0 Å². The minimum absolute atomic E-state index is 0.565. The zero-order chi connectivity index (χ0) is 9.31. The number of aromatic nitrogens is 1. The number of anilines is 1. The Morgan fingerprint density at radius 2 is 2.31 bits per heavy atom. The average Bonchev–Trinajstić information content (AvgIpc) is 2.83. The topological polar surface area (TPSA) is 24.9 Å². The first-order valence-corrected chi connectivity index (χ1v) is 4.84. The molecule has 0 unspecified atom stereocenters. The number of nitrogens with zero attached hydrogens (tertiary/aromatic N) is 1. The third-order valence-corrected chi connectivity index (χ3v) is 2.83. The van der Waals surface area contributed by atoms with Crippen molar-refractivity contribution in [2.24, 2.45) is 5.41 Å². The summed E-state index contributed by atoms with van der Waals surface area (Å²) in [6, 6.07) is 2.04. The summed E-state index contributed by atoms with van der Waals surface area (Å²) in [5, 5.41) is 3.48. The SMILES string of the molecule is Cc1cnccc1NCC1(C)CC1. The van der Waals surface area contributed by atoms with Crippen LogP contribution < -0.4 is 5.32 Å². The monoisotopic (exact) mass is 176 g/mol. The maximum Gasteiger partial charge on any atom is 0.0400 e. The van der Waals surface area contributed by atoms with Crippen LogP contribution in [0.25, 0.3) is 0 Å². The number of rotatable bonds is 3. The van der Waals surface area contributed by atoms with Gasteiger partial charge < -0.3 is 5.32 Å². The van der Waals surface area contributed by atoms with E-state index in [4.69, 9.17) is 0 Å². The molecule has 1 aliphatic rings. The van der Waals surface area contributed by atoms with Crippen LogP contribution >= 0.6 is 0 Å². The molecule has 2 rings (SSSR count). The zero-order valence-electron chi connectivity index (χ0n) is 8.30. The molecule has 1 aromatic rings. The summed E-state index contributed by atoms with van der Waals surface area (Å²) in [6.45, 7) is 5.51. The third-order valence-electron chi connectivity index (χ3n) is 2.83. The molecule has 0 radical (unpaired) electrons. The molecule has 1 aromatic heterocycles. The molecule has 1 saturated carbocycles. The van der Waals surface area contributed by atoms with Gasteiger partial charge in [-0.3, -0.25) is 4.98 Å². The predicted octanol–water partition coefficient (Wildman–Crippen LogP) is 2.60. The fraction of sp³-hybridized carbons (Fsp3) is 0.545. The molecule has 13 heavy (non-hydrogen) atoms. The van der Waals surface area contributed by atoms with E-state index in [1.807, 2.05) is 18.5 Å². The van der Waals surface area contributed by atoms with Crippen LogP contribution in [0.3, 0.4) is 0 Å². The van der Waals surface area contributed by atoms with Gasteiger partial charge in [0, 0.05) is 24.6 Å². The van der Waals surface area contributed by atoms with Crippen LogP contribution in [0.2, 0.25) is 0 Å². The van der Waals surface area contributed by atoms with E-state index in [0.717, 1.165) is 6.54 Å². The lowest BCUT2D eigenvalue weighted by Crippen LogP contribution is -2.12. The number of hydrogen-bond acceptors (Lipinski definition) is 2. The largest absolute Gasteiger partial charge is 0.384 e. The van der Waals surface area contributed by atoms with Crippen molar-refractivity contribution in [3.8, 4) is 0 Å². The molecular formula is C11H16N2. The highest BCUT2D eigenvalue weighted by atomic mass is 14.9. The highest BCUT2D eigenvalue weighted by Gasteiger charge is 2.36. The van der Waals surface area contributed by atoms with Gasteiger partial charge in [-0.15, -0.1) is 0 Å². The first-order chi connectivity index (χ1) is 6.20. The van der Waals surface area contributed by atoms with Gasteiger partial charge in [0.25, 0.3) is 0 Å². The Balaban J connectivity index is 1.97. The second-order valence-corrected chi connectivity index (χ2v) is 4.35. The molecule has 2 heteroatoms. The second-order valence-electron chi connectivity index (χ2n) is 4.35. The predicted molar refractivity (Wildman–Crippen MR) is 54.8 cm³/mol. The normalized spacial score (nSPS) is 18.3. The maximum atomic E-state index is 4.06. The zero-order valence-corrected chi connectivity index (χ0v) is 8.30. The van der Waals surface area contributed by atoms with Crippen LogP contribution in [0.15, 0.2) is 18.5 Å². The van der Waals surface area contributed by atoms with E-state index in [1.165, 1.54) is 24.1 Å². The Kier molecular flexibility index (Phi) is 1.98. The minimum Gasteiger partial charge on any atom is -0.384 e. The van der Waals surface area contributed by atoms with E-state index in [9.17, 15) is 0 Å². The molecule has 0 saturated heterocycles. The van der Waals surface area contributed by atoms with Crippen LogP contribution in [0.1, 0.15) is 25.3 Å². The molecule has 0 spiro atoms. The van der Waals surface area contributed by atoms with Crippen LogP contribution in [0, 0.1) is 12.3 Å². The number of hydrogen-bond donors (Lipinski definition) is 1. The second kappa shape index (κ2) is 3.02. The summed E-state index contributed by atoms with van der Waals surface area (Å²) in [6.07, 6.45) is 6.47. The van der Waals surface area contributed by atoms with Gasteiger partial charge in [0.2, 0.25) is 0 Å². The fourth-order valence-corrected chi connectivity index (χ4v) is 1.37. The number of aryl methyl sites for hydroxylation is 1. The van der Waals surface area contributed by atoms with E-state index in [-0.39, 0.29) is 0 Å². The van der Waals surface area contributed by atoms with Crippen molar-refractivity contribution in [1.29, 1.82) is 0 Å². The highest BCUT2D eigenvalue weighted by Crippen LogP contribution is 2.44.